The van der Waals surface area contributed by atoms with Gasteiger partial charge in [-0.05, 0) is 65.9 Å². The zero-order chi connectivity index (χ0) is 20.7. The number of hydrogen-bond acceptors (Lipinski definition) is 4. The number of carbonyl (C=O) groups excluding carboxylic acids is 2. The Morgan fingerprint density at radius 1 is 1.18 bits per heavy atom. The minimum atomic E-state index is -0.502. The molecule has 2 aromatic carbocycles. The van der Waals surface area contributed by atoms with E-state index in [-0.39, 0.29) is 12.3 Å². The van der Waals surface area contributed by atoms with Crippen LogP contribution in [-0.2, 0) is 9.59 Å². The van der Waals surface area contributed by atoms with Gasteiger partial charge in [0.05, 0.1) is 13.3 Å². The van der Waals surface area contributed by atoms with E-state index in [1.165, 1.54) is 0 Å². The lowest BCUT2D eigenvalue weighted by molar-refractivity contribution is -0.126. The lowest BCUT2D eigenvalue weighted by Crippen LogP contribution is -2.24. The smallest absolute Gasteiger partial charge is 0.249 e. The summed E-state index contributed by atoms with van der Waals surface area (Å²) in [6.07, 6.45) is 1.23. The summed E-state index contributed by atoms with van der Waals surface area (Å²) in [4.78, 5) is 23.8. The number of aryl methyl sites for hydroxylation is 1. The number of hydrazone groups is 1. The van der Waals surface area contributed by atoms with Gasteiger partial charge in [0.2, 0.25) is 11.8 Å². The van der Waals surface area contributed by atoms with Crippen molar-refractivity contribution in [2.45, 2.75) is 33.1 Å². The minimum absolute atomic E-state index is 0.286. The van der Waals surface area contributed by atoms with Crippen molar-refractivity contribution in [1.29, 1.82) is 0 Å². The molecule has 0 saturated carbocycles. The summed E-state index contributed by atoms with van der Waals surface area (Å²) < 4.78 is 5.42. The van der Waals surface area contributed by atoms with E-state index in [1.807, 2.05) is 19.1 Å². The van der Waals surface area contributed by atoms with Gasteiger partial charge in [0.25, 0.3) is 0 Å². The van der Waals surface area contributed by atoms with Gasteiger partial charge in [-0.1, -0.05) is 25.4 Å². The molecule has 0 aliphatic rings. The van der Waals surface area contributed by atoms with Crippen LogP contribution in [0.25, 0.3) is 0 Å². The normalized spacial score (nSPS) is 10.9. The fourth-order valence-corrected chi connectivity index (χ4v) is 2.71. The molecule has 0 unspecified atom stereocenters. The molecule has 0 spiro atoms. The van der Waals surface area contributed by atoms with Crippen LogP contribution < -0.4 is 15.5 Å². The number of hydrogen-bond donors (Lipinski definition) is 2. The summed E-state index contributed by atoms with van der Waals surface area (Å²) in [5.74, 6) is 0.178. The summed E-state index contributed by atoms with van der Waals surface area (Å²) in [5, 5.41) is 7.16. The number of methoxy groups -OCH3 is 1. The number of carbonyl (C=O) groups is 2. The van der Waals surface area contributed by atoms with Gasteiger partial charge in [-0.25, -0.2) is 5.43 Å². The largest absolute Gasteiger partial charge is 0.496 e. The third-order valence-electron chi connectivity index (χ3n) is 4.08. The maximum atomic E-state index is 11.9. The average molecular weight is 402 g/mol. The topological polar surface area (TPSA) is 79.8 Å². The van der Waals surface area contributed by atoms with E-state index in [2.05, 4.69) is 29.7 Å². The van der Waals surface area contributed by atoms with Gasteiger partial charge in [-0.15, -0.1) is 0 Å². The monoisotopic (exact) mass is 401 g/mol. The Labute approximate surface area is 169 Å². The van der Waals surface area contributed by atoms with Crippen LogP contribution in [0.15, 0.2) is 41.5 Å². The second-order valence-corrected chi connectivity index (χ2v) is 7.07. The standard InChI is InChI=1S/C21H24ClN3O3/c1-13(2)18-10-15(14(3)9-19(18)28-4)12-23-25-21(27)11-20(26)24-17-7-5-16(22)6-8-17/h5-10,12-13H,11H2,1-4H3,(H,24,26)(H,25,27). The van der Waals surface area contributed by atoms with Crippen LogP contribution in [0.4, 0.5) is 5.69 Å². The molecule has 0 aliphatic carbocycles. The molecule has 0 aromatic heterocycles. The van der Waals surface area contributed by atoms with Crippen molar-refractivity contribution in [2.75, 3.05) is 12.4 Å². The van der Waals surface area contributed by atoms with E-state index in [4.69, 9.17) is 16.3 Å². The Morgan fingerprint density at radius 2 is 1.86 bits per heavy atom. The van der Waals surface area contributed by atoms with Crippen molar-refractivity contribution < 1.29 is 14.3 Å². The number of rotatable bonds is 7. The number of anilines is 1. The van der Waals surface area contributed by atoms with Crippen molar-refractivity contribution in [3.63, 3.8) is 0 Å². The highest BCUT2D eigenvalue weighted by atomic mass is 35.5. The summed E-state index contributed by atoms with van der Waals surface area (Å²) >= 11 is 5.80. The maximum Gasteiger partial charge on any atom is 0.249 e. The van der Waals surface area contributed by atoms with Crippen LogP contribution >= 0.6 is 11.6 Å². The Bertz CT molecular complexity index is 877. The third kappa shape index (κ3) is 6.09. The molecule has 0 bridgehead atoms. The molecule has 7 heteroatoms. The van der Waals surface area contributed by atoms with Crippen LogP contribution in [0.5, 0.6) is 5.75 Å². The zero-order valence-corrected chi connectivity index (χ0v) is 17.1. The molecule has 148 valence electrons. The van der Waals surface area contributed by atoms with Crippen LogP contribution in [0, 0.1) is 6.92 Å². The summed E-state index contributed by atoms with van der Waals surface area (Å²) in [7, 11) is 1.64. The van der Waals surface area contributed by atoms with E-state index in [0.717, 1.165) is 22.4 Å². The van der Waals surface area contributed by atoms with E-state index >= 15 is 0 Å². The first-order valence-corrected chi connectivity index (χ1v) is 9.23. The van der Waals surface area contributed by atoms with Crippen LogP contribution in [0.1, 0.15) is 42.9 Å². The zero-order valence-electron chi connectivity index (χ0n) is 16.4. The van der Waals surface area contributed by atoms with Crippen molar-refractivity contribution in [3.8, 4) is 5.75 Å². The van der Waals surface area contributed by atoms with Crippen LogP contribution in [-0.4, -0.2) is 25.1 Å². The Kier molecular flexibility index (Phi) is 7.58. The van der Waals surface area contributed by atoms with E-state index in [1.54, 1.807) is 37.6 Å². The first-order valence-electron chi connectivity index (χ1n) is 8.86. The number of halogens is 1. The number of ether oxygens (including phenoxy) is 1. The molecule has 2 N–H and O–H groups in total. The maximum absolute atomic E-state index is 11.9. The number of benzene rings is 2. The first-order chi connectivity index (χ1) is 13.3. The predicted octanol–water partition coefficient (Wildman–Crippen LogP) is 4.26. The van der Waals surface area contributed by atoms with Crippen molar-refractivity contribution >= 4 is 35.3 Å². The van der Waals surface area contributed by atoms with Gasteiger partial charge in [-0.3, -0.25) is 9.59 Å². The predicted molar refractivity (Wildman–Crippen MR) is 112 cm³/mol. The highest BCUT2D eigenvalue weighted by molar-refractivity contribution is 6.30. The van der Waals surface area contributed by atoms with E-state index in [9.17, 15) is 9.59 Å². The number of nitrogens with one attached hydrogen (secondary N) is 2. The van der Waals surface area contributed by atoms with Gasteiger partial charge >= 0.3 is 0 Å². The molecule has 0 saturated heterocycles. The molecule has 2 amide bonds. The molecule has 0 heterocycles. The molecule has 28 heavy (non-hydrogen) atoms. The Balaban J connectivity index is 1.94. The van der Waals surface area contributed by atoms with E-state index in [0.29, 0.717) is 10.7 Å². The van der Waals surface area contributed by atoms with Crippen molar-refractivity contribution in [1.82, 2.24) is 5.43 Å². The summed E-state index contributed by atoms with van der Waals surface area (Å²) in [6.45, 7) is 6.10. The summed E-state index contributed by atoms with van der Waals surface area (Å²) in [6, 6.07) is 10.6. The van der Waals surface area contributed by atoms with Crippen molar-refractivity contribution in [2.24, 2.45) is 5.10 Å². The van der Waals surface area contributed by atoms with Gasteiger partial charge in [0.1, 0.15) is 12.2 Å². The molecular weight excluding hydrogens is 378 g/mol. The molecule has 2 aromatic rings. The highest BCUT2D eigenvalue weighted by Gasteiger charge is 2.11. The van der Waals surface area contributed by atoms with Crippen LogP contribution in [0.2, 0.25) is 5.02 Å². The lowest BCUT2D eigenvalue weighted by atomic mass is 9.97. The molecule has 0 radical (unpaired) electrons. The van der Waals surface area contributed by atoms with Gasteiger partial charge in [0, 0.05) is 10.7 Å². The second-order valence-electron chi connectivity index (χ2n) is 6.63. The third-order valence-corrected chi connectivity index (χ3v) is 4.33. The number of nitrogens with zero attached hydrogens (tertiary/aromatic N) is 1. The summed E-state index contributed by atoms with van der Waals surface area (Å²) in [5.41, 5.74) is 5.85. The molecule has 0 atom stereocenters. The molecular formula is C21H24ClN3O3. The van der Waals surface area contributed by atoms with E-state index < -0.39 is 11.8 Å². The quantitative estimate of drug-likeness (QED) is 0.413. The van der Waals surface area contributed by atoms with Gasteiger partial charge in [0.15, 0.2) is 0 Å². The lowest BCUT2D eigenvalue weighted by Gasteiger charge is -2.14. The fourth-order valence-electron chi connectivity index (χ4n) is 2.58. The Morgan fingerprint density at radius 3 is 2.46 bits per heavy atom. The van der Waals surface area contributed by atoms with Gasteiger partial charge < -0.3 is 10.1 Å². The Hall–Kier alpha value is -2.86. The fraction of sp³-hybridized carbons (Fsp3) is 0.286. The first kappa shape index (κ1) is 21.4. The van der Waals surface area contributed by atoms with Crippen LogP contribution in [0.3, 0.4) is 0 Å². The van der Waals surface area contributed by atoms with Gasteiger partial charge in [-0.2, -0.15) is 5.10 Å². The average Bonchev–Trinajstić information content (AvgIpc) is 2.64. The SMILES string of the molecule is COc1cc(C)c(C=NNC(=O)CC(=O)Nc2ccc(Cl)cc2)cc1C(C)C. The van der Waals surface area contributed by atoms with Crippen molar-refractivity contribution in [3.05, 3.63) is 58.1 Å². The molecule has 6 nitrogen and oxygen atoms in total. The molecule has 0 fully saturated rings. The highest BCUT2D eigenvalue weighted by Crippen LogP contribution is 2.29. The second kappa shape index (κ2) is 9.90. The number of amides is 2. The minimum Gasteiger partial charge on any atom is -0.496 e. The molecule has 0 aliphatic heterocycles. The molecule has 2 rings (SSSR count).